The minimum Gasteiger partial charge on any atom is -0.465 e. The highest BCUT2D eigenvalue weighted by Crippen LogP contribution is 2.21. The van der Waals surface area contributed by atoms with Gasteiger partial charge in [0.15, 0.2) is 0 Å². The van der Waals surface area contributed by atoms with E-state index >= 15 is 0 Å². The largest absolute Gasteiger partial charge is 0.465 e. The van der Waals surface area contributed by atoms with E-state index in [1.165, 1.54) is 19.2 Å². The third-order valence-corrected chi connectivity index (χ3v) is 3.39. The number of anilines is 1. The van der Waals surface area contributed by atoms with Crippen molar-refractivity contribution in [2.45, 2.75) is 33.7 Å². The highest BCUT2D eigenvalue weighted by Gasteiger charge is 2.25. The number of amides is 2. The maximum absolute atomic E-state index is 12.1. The summed E-state index contributed by atoms with van der Waals surface area (Å²) in [4.78, 5) is 35.6. The Labute approximate surface area is 140 Å². The van der Waals surface area contributed by atoms with E-state index in [0.717, 1.165) is 0 Å². The van der Waals surface area contributed by atoms with Gasteiger partial charge < -0.3 is 15.4 Å². The normalized spacial score (nSPS) is 12.3. The van der Waals surface area contributed by atoms with Gasteiger partial charge in [-0.25, -0.2) is 4.79 Å². The summed E-state index contributed by atoms with van der Waals surface area (Å²) in [5.74, 6) is -1.23. The lowest BCUT2D eigenvalue weighted by Crippen LogP contribution is -2.46. The first-order chi connectivity index (χ1) is 10.6. The topological polar surface area (TPSA) is 84.5 Å². The van der Waals surface area contributed by atoms with Crippen molar-refractivity contribution >= 4 is 35.1 Å². The van der Waals surface area contributed by atoms with Crippen molar-refractivity contribution in [2.75, 3.05) is 12.4 Å². The number of benzene rings is 1. The molecular weight excluding hydrogens is 320 g/mol. The molecule has 23 heavy (non-hydrogen) atoms. The van der Waals surface area contributed by atoms with Gasteiger partial charge >= 0.3 is 5.97 Å². The molecule has 0 bridgehead atoms. The van der Waals surface area contributed by atoms with Gasteiger partial charge in [0.2, 0.25) is 11.8 Å². The van der Waals surface area contributed by atoms with Gasteiger partial charge in [-0.3, -0.25) is 9.59 Å². The summed E-state index contributed by atoms with van der Waals surface area (Å²) in [6, 6.07) is 3.75. The summed E-state index contributed by atoms with van der Waals surface area (Å²) in [7, 11) is 1.24. The van der Waals surface area contributed by atoms with Crippen LogP contribution in [0.4, 0.5) is 5.69 Å². The number of esters is 1. The molecule has 7 heteroatoms. The first kappa shape index (κ1) is 19.0. The number of carbonyl (C=O) groups is 3. The standard InChI is InChI=1S/C16H21ClN2O4/c1-9(18-15(22)16(2,3)4)13(20)19-10-6-7-12(17)11(8-10)14(21)23-5/h6-9H,1-5H3,(H,18,22)(H,19,20). The SMILES string of the molecule is COC(=O)c1cc(NC(=O)C(C)NC(=O)C(C)(C)C)ccc1Cl. The van der Waals surface area contributed by atoms with Gasteiger partial charge in [0.25, 0.3) is 0 Å². The lowest BCUT2D eigenvalue weighted by atomic mass is 9.95. The summed E-state index contributed by atoms with van der Waals surface area (Å²) in [5.41, 5.74) is -0.0534. The Bertz CT molecular complexity index is 623. The van der Waals surface area contributed by atoms with Crippen molar-refractivity contribution in [1.82, 2.24) is 5.32 Å². The molecule has 2 N–H and O–H groups in total. The molecule has 1 aromatic carbocycles. The minimum absolute atomic E-state index is 0.151. The van der Waals surface area contributed by atoms with Crippen LogP contribution in [0, 0.1) is 5.41 Å². The lowest BCUT2D eigenvalue weighted by Gasteiger charge is -2.21. The van der Waals surface area contributed by atoms with E-state index in [1.54, 1.807) is 33.8 Å². The summed E-state index contributed by atoms with van der Waals surface area (Å²) in [6.45, 7) is 6.86. The average molecular weight is 341 g/mol. The summed E-state index contributed by atoms with van der Waals surface area (Å²) < 4.78 is 4.62. The first-order valence-electron chi connectivity index (χ1n) is 7.06. The van der Waals surface area contributed by atoms with Crippen LogP contribution in [0.1, 0.15) is 38.1 Å². The van der Waals surface area contributed by atoms with Crippen LogP contribution in [0.3, 0.4) is 0 Å². The van der Waals surface area contributed by atoms with Crippen LogP contribution >= 0.6 is 11.6 Å². The summed E-state index contributed by atoms with van der Waals surface area (Å²) in [6.07, 6.45) is 0. The van der Waals surface area contributed by atoms with E-state index in [9.17, 15) is 14.4 Å². The molecule has 1 atom stereocenters. The number of hydrogen-bond donors (Lipinski definition) is 2. The van der Waals surface area contributed by atoms with Gasteiger partial charge in [-0.2, -0.15) is 0 Å². The van der Waals surface area contributed by atoms with Crippen molar-refractivity contribution < 1.29 is 19.1 Å². The number of rotatable bonds is 4. The first-order valence-corrected chi connectivity index (χ1v) is 7.43. The molecule has 0 aliphatic carbocycles. The Morgan fingerprint density at radius 3 is 2.35 bits per heavy atom. The second-order valence-electron chi connectivity index (χ2n) is 6.12. The number of halogens is 1. The number of ether oxygens (including phenoxy) is 1. The summed E-state index contributed by atoms with van der Waals surface area (Å²) in [5, 5.41) is 5.48. The monoisotopic (exact) mass is 340 g/mol. The molecule has 2 amide bonds. The Balaban J connectivity index is 2.81. The number of hydrogen-bond acceptors (Lipinski definition) is 4. The van der Waals surface area contributed by atoms with Gasteiger partial charge in [0.05, 0.1) is 17.7 Å². The lowest BCUT2D eigenvalue weighted by molar-refractivity contribution is -0.131. The highest BCUT2D eigenvalue weighted by molar-refractivity contribution is 6.33. The van der Waals surface area contributed by atoms with Crippen LogP contribution in [-0.2, 0) is 14.3 Å². The van der Waals surface area contributed by atoms with E-state index in [4.69, 9.17) is 11.6 Å². The maximum Gasteiger partial charge on any atom is 0.339 e. The zero-order valence-electron chi connectivity index (χ0n) is 13.8. The second kappa shape index (κ2) is 7.46. The predicted octanol–water partition coefficient (Wildman–Crippen LogP) is 2.62. The van der Waals surface area contributed by atoms with Crippen LogP contribution in [0.5, 0.6) is 0 Å². The average Bonchev–Trinajstić information content (AvgIpc) is 2.47. The molecule has 0 fully saturated rings. The maximum atomic E-state index is 12.1. The smallest absolute Gasteiger partial charge is 0.339 e. The van der Waals surface area contributed by atoms with E-state index in [1.807, 2.05) is 0 Å². The fourth-order valence-electron chi connectivity index (χ4n) is 1.60. The van der Waals surface area contributed by atoms with Crippen molar-refractivity contribution in [2.24, 2.45) is 5.41 Å². The molecule has 1 aromatic rings. The van der Waals surface area contributed by atoms with Crippen molar-refractivity contribution in [1.29, 1.82) is 0 Å². The molecule has 0 aliphatic heterocycles. The third kappa shape index (κ3) is 5.25. The van der Waals surface area contributed by atoms with Crippen molar-refractivity contribution in [3.05, 3.63) is 28.8 Å². The number of methoxy groups -OCH3 is 1. The van der Waals surface area contributed by atoms with Crippen LogP contribution in [0.2, 0.25) is 5.02 Å². The molecule has 0 radical (unpaired) electrons. The highest BCUT2D eigenvalue weighted by atomic mass is 35.5. The summed E-state index contributed by atoms with van der Waals surface area (Å²) >= 11 is 5.92. The van der Waals surface area contributed by atoms with Crippen LogP contribution < -0.4 is 10.6 Å². The Morgan fingerprint density at radius 2 is 1.83 bits per heavy atom. The van der Waals surface area contributed by atoms with Crippen LogP contribution in [-0.4, -0.2) is 30.9 Å². The second-order valence-corrected chi connectivity index (χ2v) is 6.53. The Kier molecular flexibility index (Phi) is 6.15. The van der Waals surface area contributed by atoms with Crippen LogP contribution in [0.15, 0.2) is 18.2 Å². The molecule has 0 aliphatic rings. The van der Waals surface area contributed by atoms with Gasteiger partial charge in [0, 0.05) is 11.1 Å². The van der Waals surface area contributed by atoms with Crippen molar-refractivity contribution in [3.63, 3.8) is 0 Å². The Hall–Kier alpha value is -2.08. The van der Waals surface area contributed by atoms with Gasteiger partial charge in [0.1, 0.15) is 6.04 Å². The molecule has 0 saturated heterocycles. The van der Waals surface area contributed by atoms with Gasteiger partial charge in [-0.15, -0.1) is 0 Å². The molecule has 0 aromatic heterocycles. The predicted molar refractivity (Wildman–Crippen MR) is 88.5 cm³/mol. The van der Waals surface area contributed by atoms with E-state index in [0.29, 0.717) is 5.69 Å². The van der Waals surface area contributed by atoms with E-state index < -0.39 is 23.3 Å². The molecular formula is C16H21ClN2O4. The van der Waals surface area contributed by atoms with Gasteiger partial charge in [-0.05, 0) is 25.1 Å². The molecule has 0 spiro atoms. The molecule has 126 valence electrons. The molecule has 6 nitrogen and oxygen atoms in total. The minimum atomic E-state index is -0.723. The Morgan fingerprint density at radius 1 is 1.22 bits per heavy atom. The van der Waals surface area contributed by atoms with Crippen LogP contribution in [0.25, 0.3) is 0 Å². The molecule has 1 unspecified atom stereocenters. The fourth-order valence-corrected chi connectivity index (χ4v) is 1.79. The zero-order chi connectivity index (χ0) is 17.8. The fraction of sp³-hybridized carbons (Fsp3) is 0.438. The number of nitrogens with one attached hydrogen (secondary N) is 2. The van der Waals surface area contributed by atoms with E-state index in [2.05, 4.69) is 15.4 Å². The van der Waals surface area contributed by atoms with Crippen molar-refractivity contribution in [3.8, 4) is 0 Å². The van der Waals surface area contributed by atoms with E-state index in [-0.39, 0.29) is 16.5 Å². The molecule has 0 heterocycles. The quantitative estimate of drug-likeness (QED) is 0.825. The zero-order valence-corrected chi connectivity index (χ0v) is 14.6. The molecule has 1 rings (SSSR count). The number of carbonyl (C=O) groups excluding carboxylic acids is 3. The third-order valence-electron chi connectivity index (χ3n) is 3.06. The van der Waals surface area contributed by atoms with Gasteiger partial charge in [-0.1, -0.05) is 32.4 Å². The molecule has 0 saturated carbocycles.